The fraction of sp³-hybridized carbons (Fsp3) is 0.263. The molecule has 3 amide bonds. The van der Waals surface area contributed by atoms with E-state index in [4.69, 9.17) is 4.74 Å². The van der Waals surface area contributed by atoms with Gasteiger partial charge in [-0.3, -0.25) is 19.8 Å². The Bertz CT molecular complexity index is 1020. The molecule has 1 atom stereocenters. The van der Waals surface area contributed by atoms with Crippen molar-refractivity contribution in [3.63, 3.8) is 0 Å². The number of nitrogens with zero attached hydrogens (tertiary/aromatic N) is 2. The molecule has 0 radical (unpaired) electrons. The normalized spacial score (nSPS) is 18.6. The zero-order chi connectivity index (χ0) is 22.1. The molecular formula is C19H17F2N3O5S. The molecule has 2 aromatic rings. The molecule has 1 aliphatic rings. The van der Waals surface area contributed by atoms with E-state index >= 15 is 0 Å². The standard InChI is InChI=1S/C19H17F2N3O5S/c1-19(12-4-3-5-13(9-12)24(27)28)16(25)23(18(26)22-19)10-11-6-7-15(30-17(20)21)14(8-11)29-2/h3-9,17H,10H2,1-2H3,(H,22,26). The second kappa shape index (κ2) is 8.27. The minimum absolute atomic E-state index is 0.120. The number of non-ortho nitro benzene ring substituents is 1. The van der Waals surface area contributed by atoms with Crippen LogP contribution in [0, 0.1) is 10.1 Å². The summed E-state index contributed by atoms with van der Waals surface area (Å²) in [5.41, 5.74) is -0.902. The molecule has 1 fully saturated rings. The Morgan fingerprint density at radius 3 is 2.63 bits per heavy atom. The van der Waals surface area contributed by atoms with Crippen LogP contribution < -0.4 is 10.1 Å². The molecule has 11 heteroatoms. The van der Waals surface area contributed by atoms with Gasteiger partial charge in [0.1, 0.15) is 11.3 Å². The number of hydrogen-bond acceptors (Lipinski definition) is 6. The quantitative estimate of drug-likeness (QED) is 0.305. The predicted molar refractivity (Wildman–Crippen MR) is 104 cm³/mol. The minimum Gasteiger partial charge on any atom is -0.496 e. The van der Waals surface area contributed by atoms with Crippen LogP contribution in [0.5, 0.6) is 5.75 Å². The molecule has 0 aliphatic carbocycles. The summed E-state index contributed by atoms with van der Waals surface area (Å²) in [6.07, 6.45) is 0. The van der Waals surface area contributed by atoms with Crippen LogP contribution in [0.25, 0.3) is 0 Å². The lowest BCUT2D eigenvalue weighted by atomic mass is 9.91. The fourth-order valence-corrected chi connectivity index (χ4v) is 3.75. The SMILES string of the molecule is COc1cc(CN2C(=O)NC(C)(c3cccc([N+](=O)[O-])c3)C2=O)ccc1SC(F)F. The molecule has 1 saturated heterocycles. The molecule has 8 nitrogen and oxygen atoms in total. The van der Waals surface area contributed by atoms with E-state index in [2.05, 4.69) is 5.32 Å². The first-order valence-corrected chi connectivity index (χ1v) is 9.54. The van der Waals surface area contributed by atoms with E-state index < -0.39 is 28.2 Å². The van der Waals surface area contributed by atoms with Gasteiger partial charge >= 0.3 is 6.03 Å². The topological polar surface area (TPSA) is 102 Å². The van der Waals surface area contributed by atoms with Gasteiger partial charge < -0.3 is 10.1 Å². The zero-order valence-electron chi connectivity index (χ0n) is 15.9. The van der Waals surface area contributed by atoms with Crippen molar-refractivity contribution in [2.24, 2.45) is 0 Å². The molecule has 158 valence electrons. The number of halogens is 2. The van der Waals surface area contributed by atoms with E-state index in [1.165, 1.54) is 56.5 Å². The van der Waals surface area contributed by atoms with Crippen LogP contribution in [0.2, 0.25) is 0 Å². The van der Waals surface area contributed by atoms with Gasteiger partial charge in [-0.1, -0.05) is 30.0 Å². The summed E-state index contributed by atoms with van der Waals surface area (Å²) in [7, 11) is 1.34. The fourth-order valence-electron chi connectivity index (χ4n) is 3.15. The lowest BCUT2D eigenvalue weighted by Gasteiger charge is -2.22. The van der Waals surface area contributed by atoms with Crippen LogP contribution in [-0.2, 0) is 16.9 Å². The van der Waals surface area contributed by atoms with Gasteiger partial charge in [-0.15, -0.1) is 0 Å². The van der Waals surface area contributed by atoms with Crippen molar-refractivity contribution in [2.75, 3.05) is 7.11 Å². The lowest BCUT2D eigenvalue weighted by molar-refractivity contribution is -0.385. The number of alkyl halides is 2. The van der Waals surface area contributed by atoms with Crippen LogP contribution >= 0.6 is 11.8 Å². The van der Waals surface area contributed by atoms with Gasteiger partial charge in [-0.25, -0.2) is 4.79 Å². The Morgan fingerprint density at radius 1 is 1.27 bits per heavy atom. The first kappa shape index (κ1) is 21.5. The van der Waals surface area contributed by atoms with Crippen molar-refractivity contribution in [3.8, 4) is 5.75 Å². The van der Waals surface area contributed by atoms with E-state index in [-0.39, 0.29) is 28.4 Å². The lowest BCUT2D eigenvalue weighted by Crippen LogP contribution is -2.40. The van der Waals surface area contributed by atoms with Gasteiger partial charge in [0, 0.05) is 12.1 Å². The van der Waals surface area contributed by atoms with Gasteiger partial charge in [-0.2, -0.15) is 8.78 Å². The van der Waals surface area contributed by atoms with Gasteiger partial charge in [0.25, 0.3) is 17.4 Å². The highest BCUT2D eigenvalue weighted by molar-refractivity contribution is 7.99. The Morgan fingerprint density at radius 2 is 2.00 bits per heavy atom. The summed E-state index contributed by atoms with van der Waals surface area (Å²) in [5, 5.41) is 13.6. The van der Waals surface area contributed by atoms with Crippen LogP contribution in [0.4, 0.5) is 19.3 Å². The van der Waals surface area contributed by atoms with E-state index in [0.29, 0.717) is 17.3 Å². The number of nitrogens with one attached hydrogen (secondary N) is 1. The molecule has 3 rings (SSSR count). The first-order chi connectivity index (χ1) is 14.2. The maximum Gasteiger partial charge on any atom is 0.325 e. The number of methoxy groups -OCH3 is 1. The smallest absolute Gasteiger partial charge is 0.325 e. The summed E-state index contributed by atoms with van der Waals surface area (Å²) in [6, 6.07) is 9.25. The van der Waals surface area contributed by atoms with Crippen LogP contribution in [-0.4, -0.2) is 34.6 Å². The van der Waals surface area contributed by atoms with Crippen molar-refractivity contribution in [2.45, 2.75) is 29.7 Å². The number of imide groups is 1. The summed E-state index contributed by atoms with van der Waals surface area (Å²) >= 11 is 0.330. The van der Waals surface area contributed by atoms with Crippen molar-refractivity contribution in [1.82, 2.24) is 10.2 Å². The minimum atomic E-state index is -2.62. The second-order valence-corrected chi connectivity index (χ2v) is 7.65. The van der Waals surface area contributed by atoms with Crippen LogP contribution in [0.15, 0.2) is 47.4 Å². The molecular weight excluding hydrogens is 420 g/mol. The number of nitro benzene ring substituents is 1. The third kappa shape index (κ3) is 4.06. The number of carbonyl (C=O) groups is 2. The summed E-state index contributed by atoms with van der Waals surface area (Å²) < 4.78 is 30.4. The van der Waals surface area contributed by atoms with E-state index in [9.17, 15) is 28.5 Å². The number of nitro groups is 1. The molecule has 2 aromatic carbocycles. The summed E-state index contributed by atoms with van der Waals surface area (Å²) in [6.45, 7) is 1.35. The number of amides is 3. The highest BCUT2D eigenvalue weighted by atomic mass is 32.2. The van der Waals surface area contributed by atoms with E-state index in [1.54, 1.807) is 0 Å². The molecule has 0 bridgehead atoms. The van der Waals surface area contributed by atoms with E-state index in [1.807, 2.05) is 0 Å². The number of urea groups is 1. The van der Waals surface area contributed by atoms with Crippen LogP contribution in [0.1, 0.15) is 18.1 Å². The largest absolute Gasteiger partial charge is 0.496 e. The molecule has 30 heavy (non-hydrogen) atoms. The highest BCUT2D eigenvalue weighted by Gasteiger charge is 2.49. The van der Waals surface area contributed by atoms with Gasteiger partial charge in [0.05, 0.1) is 23.5 Å². The Hall–Kier alpha value is -3.21. The van der Waals surface area contributed by atoms with Crippen molar-refractivity contribution in [1.29, 1.82) is 0 Å². The van der Waals surface area contributed by atoms with Crippen molar-refractivity contribution >= 4 is 29.4 Å². The first-order valence-electron chi connectivity index (χ1n) is 8.66. The van der Waals surface area contributed by atoms with Crippen LogP contribution in [0.3, 0.4) is 0 Å². The van der Waals surface area contributed by atoms with E-state index in [0.717, 1.165) is 4.90 Å². The van der Waals surface area contributed by atoms with Gasteiger partial charge in [-0.05, 0) is 30.2 Å². The monoisotopic (exact) mass is 437 g/mol. The maximum atomic E-state index is 13.0. The van der Waals surface area contributed by atoms with Gasteiger partial charge in [0.15, 0.2) is 0 Å². The molecule has 1 N–H and O–H groups in total. The molecule has 0 saturated carbocycles. The zero-order valence-corrected chi connectivity index (χ0v) is 16.7. The number of rotatable bonds is 7. The number of benzene rings is 2. The van der Waals surface area contributed by atoms with Crippen molar-refractivity contribution in [3.05, 3.63) is 63.7 Å². The Kier molecular flexibility index (Phi) is 5.92. The number of hydrogen-bond donors (Lipinski definition) is 1. The molecule has 1 unspecified atom stereocenters. The third-order valence-corrected chi connectivity index (χ3v) is 5.46. The Balaban J connectivity index is 1.87. The van der Waals surface area contributed by atoms with Gasteiger partial charge in [0.2, 0.25) is 0 Å². The summed E-state index contributed by atoms with van der Waals surface area (Å²) in [4.78, 5) is 37.2. The number of carbonyl (C=O) groups excluding carboxylic acids is 2. The number of ether oxygens (including phenoxy) is 1. The second-order valence-electron chi connectivity index (χ2n) is 6.62. The maximum absolute atomic E-state index is 13.0. The average molecular weight is 437 g/mol. The van der Waals surface area contributed by atoms with Crippen molar-refractivity contribution < 1.29 is 28.0 Å². The predicted octanol–water partition coefficient (Wildman–Crippen LogP) is 3.89. The third-order valence-electron chi connectivity index (χ3n) is 4.69. The molecule has 1 heterocycles. The number of thioether (sulfide) groups is 1. The average Bonchev–Trinajstić information content (AvgIpc) is 2.92. The highest BCUT2D eigenvalue weighted by Crippen LogP contribution is 2.35. The molecule has 0 spiro atoms. The summed E-state index contributed by atoms with van der Waals surface area (Å²) in [5.74, 6) is -3.00. The Labute approximate surface area is 174 Å². The molecule has 1 aliphatic heterocycles. The molecule has 0 aromatic heterocycles.